The van der Waals surface area contributed by atoms with E-state index in [1.54, 1.807) is 12.4 Å². The van der Waals surface area contributed by atoms with E-state index in [-0.39, 0.29) is 4.83 Å². The van der Waals surface area contributed by atoms with Crippen LogP contribution in [0.4, 0.5) is 13.2 Å². The number of hydrogen-bond donors (Lipinski definition) is 0. The third kappa shape index (κ3) is 3.80. The van der Waals surface area contributed by atoms with Crippen molar-refractivity contribution >= 4 is 15.9 Å². The van der Waals surface area contributed by atoms with Gasteiger partial charge in [-0.25, -0.2) is 0 Å². The van der Waals surface area contributed by atoms with Gasteiger partial charge in [0.25, 0.3) is 0 Å². The number of halogens is 4. The molecule has 1 atom stereocenters. The minimum Gasteiger partial charge on any atom is -0.265 e. The summed E-state index contributed by atoms with van der Waals surface area (Å²) >= 11 is 3.50. The smallest absolute Gasteiger partial charge is 0.265 e. The van der Waals surface area contributed by atoms with Crippen LogP contribution in [0.2, 0.25) is 0 Å². The molecule has 5 heteroatoms. The van der Waals surface area contributed by atoms with E-state index in [0.717, 1.165) is 23.3 Å². The highest BCUT2D eigenvalue weighted by Gasteiger charge is 2.30. The van der Waals surface area contributed by atoms with Crippen LogP contribution in [0.15, 0.2) is 48.8 Å². The predicted octanol–water partition coefficient (Wildman–Crippen LogP) is 4.78. The van der Waals surface area contributed by atoms with E-state index in [4.69, 9.17) is 0 Å². The molecule has 1 nitrogen and oxygen atoms in total. The number of alkyl halides is 4. The Balaban J connectivity index is 2.10. The molecular formula is C14H11BrF3N. The molecule has 1 unspecified atom stereocenters. The Morgan fingerprint density at radius 2 is 1.58 bits per heavy atom. The number of nitrogens with zero attached hydrogens (tertiary/aromatic N) is 1. The van der Waals surface area contributed by atoms with Crippen LogP contribution >= 0.6 is 15.9 Å². The molecule has 2 aromatic rings. The zero-order valence-corrected chi connectivity index (χ0v) is 11.4. The third-order valence-electron chi connectivity index (χ3n) is 2.76. The van der Waals surface area contributed by atoms with Crippen molar-refractivity contribution in [3.05, 3.63) is 65.5 Å². The summed E-state index contributed by atoms with van der Waals surface area (Å²) in [6, 6.07) is 9.00. The Kier molecular flexibility index (Phi) is 4.24. The van der Waals surface area contributed by atoms with Gasteiger partial charge in [-0.1, -0.05) is 28.1 Å². The van der Waals surface area contributed by atoms with Crippen LogP contribution in [0.5, 0.6) is 0 Å². The van der Waals surface area contributed by atoms with Gasteiger partial charge in [-0.05, 0) is 41.8 Å². The zero-order valence-electron chi connectivity index (χ0n) is 9.86. The quantitative estimate of drug-likeness (QED) is 0.738. The van der Waals surface area contributed by atoms with Gasteiger partial charge < -0.3 is 0 Å². The van der Waals surface area contributed by atoms with Gasteiger partial charge in [0.05, 0.1) is 5.56 Å². The Labute approximate surface area is 117 Å². The van der Waals surface area contributed by atoms with Gasteiger partial charge in [-0.15, -0.1) is 0 Å². The SMILES string of the molecule is FC(F)(F)c1ccc(C(Br)Cc2ccncc2)cc1. The maximum atomic E-state index is 12.4. The van der Waals surface area contributed by atoms with Gasteiger partial charge in [0, 0.05) is 17.2 Å². The molecule has 0 amide bonds. The van der Waals surface area contributed by atoms with Crippen molar-refractivity contribution in [3.63, 3.8) is 0 Å². The Bertz CT molecular complexity index is 523. The molecule has 2 rings (SSSR count). The number of aromatic nitrogens is 1. The summed E-state index contributed by atoms with van der Waals surface area (Å²) < 4.78 is 37.3. The molecule has 0 N–H and O–H groups in total. The average molecular weight is 330 g/mol. The number of pyridine rings is 1. The highest BCUT2D eigenvalue weighted by Crippen LogP contribution is 2.32. The number of rotatable bonds is 3. The molecule has 0 saturated carbocycles. The minimum atomic E-state index is -4.29. The summed E-state index contributed by atoms with van der Waals surface area (Å²) in [7, 11) is 0. The lowest BCUT2D eigenvalue weighted by Gasteiger charge is -2.12. The molecule has 0 aliphatic rings. The molecule has 1 aromatic heterocycles. The van der Waals surface area contributed by atoms with Crippen molar-refractivity contribution in [2.24, 2.45) is 0 Å². The van der Waals surface area contributed by atoms with Gasteiger partial charge in [0.1, 0.15) is 0 Å². The van der Waals surface area contributed by atoms with E-state index in [9.17, 15) is 13.2 Å². The molecule has 0 bridgehead atoms. The number of hydrogen-bond acceptors (Lipinski definition) is 1. The second kappa shape index (κ2) is 5.74. The fourth-order valence-corrected chi connectivity index (χ4v) is 2.40. The first-order valence-corrected chi connectivity index (χ1v) is 6.58. The van der Waals surface area contributed by atoms with Crippen molar-refractivity contribution in [2.75, 3.05) is 0 Å². The van der Waals surface area contributed by atoms with Crippen LogP contribution in [-0.4, -0.2) is 4.98 Å². The van der Waals surface area contributed by atoms with E-state index >= 15 is 0 Å². The molecule has 100 valence electrons. The number of benzene rings is 1. The van der Waals surface area contributed by atoms with Crippen molar-refractivity contribution in [2.45, 2.75) is 17.4 Å². The summed E-state index contributed by atoms with van der Waals surface area (Å²) in [4.78, 5) is 3.91. The summed E-state index contributed by atoms with van der Waals surface area (Å²) in [5, 5.41) is 0. The van der Waals surface area contributed by atoms with Gasteiger partial charge in [0.2, 0.25) is 0 Å². The maximum Gasteiger partial charge on any atom is 0.416 e. The Morgan fingerprint density at radius 1 is 1.00 bits per heavy atom. The van der Waals surface area contributed by atoms with E-state index in [2.05, 4.69) is 20.9 Å². The van der Waals surface area contributed by atoms with Crippen LogP contribution in [0, 0.1) is 0 Å². The molecule has 0 aliphatic heterocycles. The average Bonchev–Trinajstić information content (AvgIpc) is 2.39. The van der Waals surface area contributed by atoms with Crippen LogP contribution in [0.1, 0.15) is 21.5 Å². The van der Waals surface area contributed by atoms with Crippen LogP contribution < -0.4 is 0 Å². The minimum absolute atomic E-state index is 0.0165. The fraction of sp³-hybridized carbons (Fsp3) is 0.214. The van der Waals surface area contributed by atoms with E-state index in [1.165, 1.54) is 12.1 Å². The van der Waals surface area contributed by atoms with Crippen LogP contribution in [0.25, 0.3) is 0 Å². The predicted molar refractivity (Wildman–Crippen MR) is 71.1 cm³/mol. The fourth-order valence-electron chi connectivity index (χ4n) is 1.72. The second-order valence-electron chi connectivity index (χ2n) is 4.15. The summed E-state index contributed by atoms with van der Waals surface area (Å²) in [5.74, 6) is 0. The van der Waals surface area contributed by atoms with Crippen molar-refractivity contribution < 1.29 is 13.2 Å². The van der Waals surface area contributed by atoms with Crippen molar-refractivity contribution in [1.82, 2.24) is 4.98 Å². The third-order valence-corrected chi connectivity index (χ3v) is 3.62. The molecule has 0 saturated heterocycles. The lowest BCUT2D eigenvalue weighted by Crippen LogP contribution is -2.05. The van der Waals surface area contributed by atoms with Crippen molar-refractivity contribution in [1.29, 1.82) is 0 Å². The summed E-state index contributed by atoms with van der Waals surface area (Å²) in [5.41, 5.74) is 1.28. The van der Waals surface area contributed by atoms with Gasteiger partial charge in [-0.3, -0.25) is 4.98 Å². The molecule has 0 spiro atoms. The molecule has 0 fully saturated rings. The first-order chi connectivity index (χ1) is 8.97. The zero-order chi connectivity index (χ0) is 13.9. The molecule has 19 heavy (non-hydrogen) atoms. The lowest BCUT2D eigenvalue weighted by atomic mass is 10.0. The molecule has 1 aromatic carbocycles. The largest absolute Gasteiger partial charge is 0.416 e. The Hall–Kier alpha value is -1.36. The van der Waals surface area contributed by atoms with E-state index in [0.29, 0.717) is 6.42 Å². The highest BCUT2D eigenvalue weighted by atomic mass is 79.9. The van der Waals surface area contributed by atoms with E-state index < -0.39 is 11.7 Å². The lowest BCUT2D eigenvalue weighted by molar-refractivity contribution is -0.137. The first kappa shape index (κ1) is 14.1. The van der Waals surface area contributed by atoms with Crippen LogP contribution in [-0.2, 0) is 12.6 Å². The van der Waals surface area contributed by atoms with Crippen molar-refractivity contribution in [3.8, 4) is 0 Å². The normalized spacial score (nSPS) is 13.3. The summed E-state index contributed by atoms with van der Waals surface area (Å²) in [6.45, 7) is 0. The molecule has 0 radical (unpaired) electrons. The highest BCUT2D eigenvalue weighted by molar-refractivity contribution is 9.09. The van der Waals surface area contributed by atoms with Gasteiger partial charge in [-0.2, -0.15) is 13.2 Å². The van der Waals surface area contributed by atoms with Gasteiger partial charge in [0.15, 0.2) is 0 Å². The molecular weight excluding hydrogens is 319 g/mol. The monoisotopic (exact) mass is 329 g/mol. The van der Waals surface area contributed by atoms with Gasteiger partial charge >= 0.3 is 6.18 Å². The second-order valence-corrected chi connectivity index (χ2v) is 5.25. The molecule has 1 heterocycles. The standard InChI is InChI=1S/C14H11BrF3N/c15-13(9-10-5-7-19-8-6-10)11-1-3-12(4-2-11)14(16,17)18/h1-8,13H,9H2. The van der Waals surface area contributed by atoms with E-state index in [1.807, 2.05) is 12.1 Å². The molecule has 0 aliphatic carbocycles. The maximum absolute atomic E-state index is 12.4. The van der Waals surface area contributed by atoms with Crippen LogP contribution in [0.3, 0.4) is 0 Å². The summed E-state index contributed by atoms with van der Waals surface area (Å²) in [6.07, 6.45) is -0.192. The first-order valence-electron chi connectivity index (χ1n) is 5.67. The Morgan fingerprint density at radius 3 is 2.11 bits per heavy atom. The topological polar surface area (TPSA) is 12.9 Å².